The summed E-state index contributed by atoms with van der Waals surface area (Å²) in [6.07, 6.45) is 8.66. The summed E-state index contributed by atoms with van der Waals surface area (Å²) in [7, 11) is 0. The van der Waals surface area contributed by atoms with Gasteiger partial charge in [0.1, 0.15) is 0 Å². The Hall–Kier alpha value is -0.0400. The largest absolute Gasteiger partial charge is 0.313 e. The zero-order valence-electron chi connectivity index (χ0n) is 10.7. The predicted octanol–water partition coefficient (Wildman–Crippen LogP) is 3.59. The molecule has 0 aromatic carbocycles. The molecule has 0 spiro atoms. The minimum atomic E-state index is 0.678. The quantitative estimate of drug-likeness (QED) is 0.746. The summed E-state index contributed by atoms with van der Waals surface area (Å²) in [5, 5.41) is 3.86. The normalized spacial score (nSPS) is 34.4. The lowest BCUT2D eigenvalue weighted by Gasteiger charge is -2.32. The SMILES string of the molecule is CC1CCCCC1NCC1(C(C)C)CC1. The maximum Gasteiger partial charge on any atom is 0.00929 e. The van der Waals surface area contributed by atoms with Gasteiger partial charge in [-0.05, 0) is 42.9 Å². The molecule has 0 saturated heterocycles. The predicted molar refractivity (Wildman–Crippen MR) is 65.9 cm³/mol. The molecular weight excluding hydrogens is 182 g/mol. The van der Waals surface area contributed by atoms with Crippen LogP contribution in [0.1, 0.15) is 59.3 Å². The van der Waals surface area contributed by atoms with Gasteiger partial charge in [0.05, 0.1) is 0 Å². The molecule has 0 aliphatic heterocycles. The molecule has 0 bridgehead atoms. The third kappa shape index (κ3) is 2.55. The van der Waals surface area contributed by atoms with E-state index in [0.717, 1.165) is 17.9 Å². The van der Waals surface area contributed by atoms with Crippen LogP contribution < -0.4 is 5.32 Å². The van der Waals surface area contributed by atoms with Crippen LogP contribution in [-0.2, 0) is 0 Å². The first-order valence-electron chi connectivity index (χ1n) is 6.87. The molecule has 2 saturated carbocycles. The molecule has 2 fully saturated rings. The summed E-state index contributed by atoms with van der Waals surface area (Å²) in [5.41, 5.74) is 0.678. The molecule has 0 amide bonds. The molecule has 15 heavy (non-hydrogen) atoms. The van der Waals surface area contributed by atoms with E-state index in [4.69, 9.17) is 0 Å². The average molecular weight is 209 g/mol. The fourth-order valence-corrected chi connectivity index (χ4v) is 3.07. The summed E-state index contributed by atoms with van der Waals surface area (Å²) >= 11 is 0. The molecule has 2 aliphatic rings. The van der Waals surface area contributed by atoms with Crippen molar-refractivity contribution in [3.8, 4) is 0 Å². The molecule has 2 rings (SSSR count). The van der Waals surface area contributed by atoms with E-state index in [9.17, 15) is 0 Å². The van der Waals surface area contributed by atoms with Crippen LogP contribution in [0.2, 0.25) is 0 Å². The second-order valence-corrected chi connectivity index (χ2v) is 6.27. The lowest BCUT2D eigenvalue weighted by atomic mass is 9.85. The van der Waals surface area contributed by atoms with E-state index in [1.807, 2.05) is 0 Å². The topological polar surface area (TPSA) is 12.0 Å². The highest BCUT2D eigenvalue weighted by Gasteiger charge is 2.45. The molecule has 0 aromatic rings. The van der Waals surface area contributed by atoms with Gasteiger partial charge in [-0.3, -0.25) is 0 Å². The maximum absolute atomic E-state index is 3.86. The van der Waals surface area contributed by atoms with E-state index < -0.39 is 0 Å². The zero-order valence-corrected chi connectivity index (χ0v) is 10.7. The Morgan fingerprint density at radius 2 is 1.87 bits per heavy atom. The van der Waals surface area contributed by atoms with Gasteiger partial charge in [-0.1, -0.05) is 33.6 Å². The number of hydrogen-bond donors (Lipinski definition) is 1. The second kappa shape index (κ2) is 4.45. The van der Waals surface area contributed by atoms with E-state index in [1.165, 1.54) is 45.1 Å². The van der Waals surface area contributed by atoms with Crippen molar-refractivity contribution in [2.45, 2.75) is 65.3 Å². The van der Waals surface area contributed by atoms with Crippen LogP contribution in [0.4, 0.5) is 0 Å². The van der Waals surface area contributed by atoms with Crippen molar-refractivity contribution in [3.05, 3.63) is 0 Å². The standard InChI is InChI=1S/C14H27N/c1-11(2)14(8-9-14)10-15-13-7-5-4-6-12(13)3/h11-13,15H,4-10H2,1-3H3. The number of hydrogen-bond acceptors (Lipinski definition) is 1. The highest BCUT2D eigenvalue weighted by Crippen LogP contribution is 2.51. The molecule has 2 aliphatic carbocycles. The summed E-state index contributed by atoms with van der Waals surface area (Å²) in [6.45, 7) is 8.48. The molecule has 2 atom stereocenters. The summed E-state index contributed by atoms with van der Waals surface area (Å²) < 4.78 is 0. The Bertz CT molecular complexity index is 205. The van der Waals surface area contributed by atoms with Crippen molar-refractivity contribution in [3.63, 3.8) is 0 Å². The van der Waals surface area contributed by atoms with Gasteiger partial charge in [0.25, 0.3) is 0 Å². The van der Waals surface area contributed by atoms with Crippen molar-refractivity contribution in [2.75, 3.05) is 6.54 Å². The molecule has 0 radical (unpaired) electrons. The molecular formula is C14H27N. The first-order valence-corrected chi connectivity index (χ1v) is 6.87. The molecule has 0 heterocycles. The maximum atomic E-state index is 3.86. The van der Waals surface area contributed by atoms with E-state index in [0.29, 0.717) is 5.41 Å². The average Bonchev–Trinajstić information content (AvgIpc) is 2.98. The molecule has 1 nitrogen and oxygen atoms in total. The molecule has 1 N–H and O–H groups in total. The van der Waals surface area contributed by atoms with Gasteiger partial charge in [-0.25, -0.2) is 0 Å². The molecule has 88 valence electrons. The van der Waals surface area contributed by atoms with Gasteiger partial charge in [-0.2, -0.15) is 0 Å². The molecule has 2 unspecified atom stereocenters. The van der Waals surface area contributed by atoms with Crippen molar-refractivity contribution in [1.82, 2.24) is 5.32 Å². The van der Waals surface area contributed by atoms with Gasteiger partial charge in [0.15, 0.2) is 0 Å². The monoisotopic (exact) mass is 209 g/mol. The molecule has 0 aromatic heterocycles. The molecule has 1 heteroatoms. The first-order chi connectivity index (χ1) is 7.14. The van der Waals surface area contributed by atoms with E-state index in [1.54, 1.807) is 0 Å². The van der Waals surface area contributed by atoms with Crippen LogP contribution >= 0.6 is 0 Å². The Balaban J connectivity index is 1.77. The van der Waals surface area contributed by atoms with Crippen LogP contribution in [0.15, 0.2) is 0 Å². The zero-order chi connectivity index (χ0) is 10.9. The fraction of sp³-hybridized carbons (Fsp3) is 1.00. The Kier molecular flexibility index (Phi) is 3.39. The van der Waals surface area contributed by atoms with Gasteiger partial charge in [0, 0.05) is 12.6 Å². The minimum absolute atomic E-state index is 0.678. The Labute approximate surface area is 95.0 Å². The van der Waals surface area contributed by atoms with Crippen molar-refractivity contribution >= 4 is 0 Å². The number of nitrogens with one attached hydrogen (secondary N) is 1. The smallest absolute Gasteiger partial charge is 0.00929 e. The van der Waals surface area contributed by atoms with Crippen LogP contribution in [0.25, 0.3) is 0 Å². The van der Waals surface area contributed by atoms with Gasteiger partial charge in [-0.15, -0.1) is 0 Å². The van der Waals surface area contributed by atoms with Gasteiger partial charge >= 0.3 is 0 Å². The third-order valence-electron chi connectivity index (χ3n) is 4.94. The minimum Gasteiger partial charge on any atom is -0.313 e. The van der Waals surface area contributed by atoms with Gasteiger partial charge in [0.2, 0.25) is 0 Å². The Morgan fingerprint density at radius 3 is 2.40 bits per heavy atom. The lowest BCUT2D eigenvalue weighted by molar-refractivity contribution is 0.244. The van der Waals surface area contributed by atoms with Crippen LogP contribution in [0.3, 0.4) is 0 Å². The first kappa shape index (κ1) is 11.4. The third-order valence-corrected chi connectivity index (χ3v) is 4.94. The van der Waals surface area contributed by atoms with Crippen molar-refractivity contribution < 1.29 is 0 Å². The summed E-state index contributed by atoms with van der Waals surface area (Å²) in [6, 6.07) is 0.815. The fourth-order valence-electron chi connectivity index (χ4n) is 3.07. The van der Waals surface area contributed by atoms with Crippen LogP contribution in [0.5, 0.6) is 0 Å². The van der Waals surface area contributed by atoms with Crippen LogP contribution in [-0.4, -0.2) is 12.6 Å². The summed E-state index contributed by atoms with van der Waals surface area (Å²) in [5.74, 6) is 1.77. The van der Waals surface area contributed by atoms with Gasteiger partial charge < -0.3 is 5.32 Å². The highest BCUT2D eigenvalue weighted by atomic mass is 14.9. The van der Waals surface area contributed by atoms with E-state index in [-0.39, 0.29) is 0 Å². The van der Waals surface area contributed by atoms with Crippen molar-refractivity contribution in [2.24, 2.45) is 17.3 Å². The van der Waals surface area contributed by atoms with E-state index >= 15 is 0 Å². The second-order valence-electron chi connectivity index (χ2n) is 6.27. The van der Waals surface area contributed by atoms with E-state index in [2.05, 4.69) is 26.1 Å². The lowest BCUT2D eigenvalue weighted by Crippen LogP contribution is -2.41. The highest BCUT2D eigenvalue weighted by molar-refractivity contribution is 4.98. The van der Waals surface area contributed by atoms with Crippen molar-refractivity contribution in [1.29, 1.82) is 0 Å². The number of rotatable bonds is 4. The van der Waals surface area contributed by atoms with Crippen LogP contribution in [0, 0.1) is 17.3 Å². The summed E-state index contributed by atoms with van der Waals surface area (Å²) in [4.78, 5) is 0. The Morgan fingerprint density at radius 1 is 1.20 bits per heavy atom.